The van der Waals surface area contributed by atoms with Crippen LogP contribution >= 0.6 is 0 Å². The third-order valence-electron chi connectivity index (χ3n) is 2.26. The summed E-state index contributed by atoms with van der Waals surface area (Å²) in [6.45, 7) is 12.2. The summed E-state index contributed by atoms with van der Waals surface area (Å²) in [5, 5.41) is 3.39. The maximum absolute atomic E-state index is 5.86. The van der Waals surface area contributed by atoms with Crippen molar-refractivity contribution in [1.29, 1.82) is 0 Å². The molecule has 0 bridgehead atoms. The van der Waals surface area contributed by atoms with Crippen LogP contribution in [0.4, 0.5) is 0 Å². The van der Waals surface area contributed by atoms with Gasteiger partial charge in [-0.2, -0.15) is 0 Å². The summed E-state index contributed by atoms with van der Waals surface area (Å²) in [6, 6.07) is 0. The third-order valence-corrected chi connectivity index (χ3v) is 2.26. The van der Waals surface area contributed by atoms with E-state index in [0.29, 0.717) is 19.1 Å². The van der Waals surface area contributed by atoms with E-state index in [-0.39, 0.29) is 12.2 Å². The van der Waals surface area contributed by atoms with Crippen LogP contribution in [0.25, 0.3) is 0 Å². The van der Waals surface area contributed by atoms with Crippen molar-refractivity contribution in [3.8, 4) is 0 Å². The van der Waals surface area contributed by atoms with Gasteiger partial charge in [0.25, 0.3) is 0 Å². The van der Waals surface area contributed by atoms with Crippen LogP contribution in [0, 0.1) is 5.92 Å². The second-order valence-electron chi connectivity index (χ2n) is 4.74. The molecule has 0 radical (unpaired) electrons. The van der Waals surface area contributed by atoms with Crippen molar-refractivity contribution in [3.63, 3.8) is 0 Å². The molecular formula is C13H29NO3. The molecule has 0 aromatic rings. The largest absolute Gasteiger partial charge is 0.382 e. The molecule has 0 saturated heterocycles. The molecule has 0 aliphatic rings. The Hall–Kier alpha value is -0.160. The summed E-state index contributed by atoms with van der Waals surface area (Å²) in [6.07, 6.45) is 0.199. The van der Waals surface area contributed by atoms with Crippen molar-refractivity contribution in [2.75, 3.05) is 40.0 Å². The number of rotatable bonds is 11. The molecule has 0 saturated carbocycles. The fraction of sp³-hybridized carbons (Fsp3) is 1.00. The lowest BCUT2D eigenvalue weighted by Gasteiger charge is -2.22. The molecule has 0 fully saturated rings. The van der Waals surface area contributed by atoms with E-state index >= 15 is 0 Å². The number of hydrogen-bond donors (Lipinski definition) is 1. The SMILES string of the molecule is CCOCC(C)OC(CNCC(C)C)COC. The lowest BCUT2D eigenvalue weighted by Crippen LogP contribution is -2.37. The van der Waals surface area contributed by atoms with Crippen LogP contribution in [0.5, 0.6) is 0 Å². The Labute approximate surface area is 106 Å². The van der Waals surface area contributed by atoms with E-state index in [0.717, 1.165) is 19.7 Å². The fourth-order valence-corrected chi connectivity index (χ4v) is 1.52. The first-order valence-corrected chi connectivity index (χ1v) is 6.52. The average Bonchev–Trinajstić information content (AvgIpc) is 2.26. The molecule has 2 atom stereocenters. The Kier molecular flexibility index (Phi) is 10.9. The van der Waals surface area contributed by atoms with Crippen molar-refractivity contribution in [3.05, 3.63) is 0 Å². The maximum atomic E-state index is 5.86. The topological polar surface area (TPSA) is 39.7 Å². The van der Waals surface area contributed by atoms with Crippen LogP contribution in [0.3, 0.4) is 0 Å². The smallest absolute Gasteiger partial charge is 0.0937 e. The van der Waals surface area contributed by atoms with E-state index in [1.165, 1.54) is 0 Å². The lowest BCUT2D eigenvalue weighted by atomic mass is 10.2. The number of methoxy groups -OCH3 is 1. The highest BCUT2D eigenvalue weighted by Gasteiger charge is 2.13. The Morgan fingerprint density at radius 1 is 1.06 bits per heavy atom. The Bertz CT molecular complexity index is 165. The summed E-state index contributed by atoms with van der Waals surface area (Å²) >= 11 is 0. The first-order valence-electron chi connectivity index (χ1n) is 6.52. The molecule has 4 heteroatoms. The second-order valence-corrected chi connectivity index (χ2v) is 4.74. The van der Waals surface area contributed by atoms with Crippen LogP contribution in [0.2, 0.25) is 0 Å². The highest BCUT2D eigenvalue weighted by molar-refractivity contribution is 4.64. The van der Waals surface area contributed by atoms with Gasteiger partial charge in [-0.3, -0.25) is 0 Å². The monoisotopic (exact) mass is 247 g/mol. The van der Waals surface area contributed by atoms with Gasteiger partial charge in [0.1, 0.15) is 0 Å². The standard InChI is InChI=1S/C13H29NO3/c1-6-16-9-12(4)17-13(10-15-5)8-14-7-11(2)3/h11-14H,6-10H2,1-5H3. The molecule has 0 aromatic carbocycles. The fourth-order valence-electron chi connectivity index (χ4n) is 1.52. The Balaban J connectivity index is 3.79. The highest BCUT2D eigenvalue weighted by Crippen LogP contribution is 2.00. The van der Waals surface area contributed by atoms with Crippen molar-refractivity contribution in [1.82, 2.24) is 5.32 Å². The van der Waals surface area contributed by atoms with Crippen LogP contribution < -0.4 is 5.32 Å². The van der Waals surface area contributed by atoms with Gasteiger partial charge in [-0.05, 0) is 26.3 Å². The first kappa shape index (κ1) is 16.8. The molecule has 104 valence electrons. The van der Waals surface area contributed by atoms with Gasteiger partial charge in [0.15, 0.2) is 0 Å². The molecule has 0 aromatic heterocycles. The lowest BCUT2D eigenvalue weighted by molar-refractivity contribution is -0.0694. The van der Waals surface area contributed by atoms with E-state index in [2.05, 4.69) is 19.2 Å². The quantitative estimate of drug-likeness (QED) is 0.603. The molecule has 0 heterocycles. The normalized spacial score (nSPS) is 15.2. The molecule has 0 aliphatic carbocycles. The summed E-state index contributed by atoms with van der Waals surface area (Å²) in [7, 11) is 1.70. The number of hydrogen-bond acceptors (Lipinski definition) is 4. The van der Waals surface area contributed by atoms with Crippen LogP contribution in [-0.2, 0) is 14.2 Å². The van der Waals surface area contributed by atoms with E-state index < -0.39 is 0 Å². The molecule has 0 rings (SSSR count). The molecular weight excluding hydrogens is 218 g/mol. The molecule has 2 unspecified atom stereocenters. The summed E-state index contributed by atoms with van der Waals surface area (Å²) in [4.78, 5) is 0. The molecule has 0 amide bonds. The maximum Gasteiger partial charge on any atom is 0.0937 e. The van der Waals surface area contributed by atoms with Gasteiger partial charge in [-0.15, -0.1) is 0 Å². The van der Waals surface area contributed by atoms with E-state index in [9.17, 15) is 0 Å². The third kappa shape index (κ3) is 10.7. The van der Waals surface area contributed by atoms with Gasteiger partial charge in [0, 0.05) is 20.3 Å². The van der Waals surface area contributed by atoms with E-state index in [4.69, 9.17) is 14.2 Å². The average molecular weight is 247 g/mol. The molecule has 17 heavy (non-hydrogen) atoms. The van der Waals surface area contributed by atoms with Crippen molar-refractivity contribution < 1.29 is 14.2 Å². The predicted molar refractivity (Wildman–Crippen MR) is 70.4 cm³/mol. The van der Waals surface area contributed by atoms with Gasteiger partial charge in [0.2, 0.25) is 0 Å². The molecule has 0 aliphatic heterocycles. The minimum Gasteiger partial charge on any atom is -0.382 e. The van der Waals surface area contributed by atoms with Gasteiger partial charge in [-0.1, -0.05) is 13.8 Å². The zero-order chi connectivity index (χ0) is 13.1. The van der Waals surface area contributed by atoms with Crippen molar-refractivity contribution in [2.45, 2.75) is 39.9 Å². The zero-order valence-corrected chi connectivity index (χ0v) is 12.0. The van der Waals surface area contributed by atoms with Gasteiger partial charge < -0.3 is 19.5 Å². The van der Waals surface area contributed by atoms with Gasteiger partial charge in [-0.25, -0.2) is 0 Å². The second kappa shape index (κ2) is 11.0. The van der Waals surface area contributed by atoms with Gasteiger partial charge >= 0.3 is 0 Å². The summed E-state index contributed by atoms with van der Waals surface area (Å²) in [5.41, 5.74) is 0. The minimum atomic E-state index is 0.0919. The van der Waals surface area contributed by atoms with E-state index in [1.807, 2.05) is 13.8 Å². The van der Waals surface area contributed by atoms with E-state index in [1.54, 1.807) is 7.11 Å². The zero-order valence-electron chi connectivity index (χ0n) is 12.0. The van der Waals surface area contributed by atoms with Gasteiger partial charge in [0.05, 0.1) is 25.4 Å². The summed E-state index contributed by atoms with van der Waals surface area (Å²) < 4.78 is 16.4. The number of nitrogens with one attached hydrogen (secondary N) is 1. The van der Waals surface area contributed by atoms with Crippen LogP contribution in [-0.4, -0.2) is 52.2 Å². The molecule has 0 spiro atoms. The number of ether oxygens (including phenoxy) is 3. The van der Waals surface area contributed by atoms with Crippen LogP contribution in [0.15, 0.2) is 0 Å². The highest BCUT2D eigenvalue weighted by atomic mass is 16.6. The first-order chi connectivity index (χ1) is 8.10. The minimum absolute atomic E-state index is 0.0919. The predicted octanol–water partition coefficient (Wildman–Crippen LogP) is 1.69. The Morgan fingerprint density at radius 3 is 2.29 bits per heavy atom. The molecule has 1 N–H and O–H groups in total. The van der Waals surface area contributed by atoms with Crippen molar-refractivity contribution >= 4 is 0 Å². The van der Waals surface area contributed by atoms with Crippen molar-refractivity contribution in [2.24, 2.45) is 5.92 Å². The molecule has 4 nitrogen and oxygen atoms in total. The Morgan fingerprint density at radius 2 is 1.76 bits per heavy atom. The summed E-state index contributed by atoms with van der Waals surface area (Å²) in [5.74, 6) is 0.652. The van der Waals surface area contributed by atoms with Crippen LogP contribution in [0.1, 0.15) is 27.7 Å².